The van der Waals surface area contributed by atoms with E-state index >= 15 is 0 Å². The van der Waals surface area contributed by atoms with E-state index in [4.69, 9.17) is 34.8 Å². The van der Waals surface area contributed by atoms with Crippen LogP contribution in [0, 0.1) is 0 Å². The fourth-order valence-electron chi connectivity index (χ4n) is 2.79. The van der Waals surface area contributed by atoms with Crippen molar-refractivity contribution >= 4 is 40.4 Å². The first-order valence-corrected chi connectivity index (χ1v) is 8.22. The van der Waals surface area contributed by atoms with E-state index in [1.54, 1.807) is 6.07 Å². The molecule has 1 aromatic heterocycles. The average molecular weight is 342 g/mol. The monoisotopic (exact) mass is 340 g/mol. The molecule has 1 aliphatic rings. The van der Waals surface area contributed by atoms with Crippen LogP contribution in [0.4, 0.5) is 0 Å². The van der Waals surface area contributed by atoms with Gasteiger partial charge in [0.25, 0.3) is 0 Å². The van der Waals surface area contributed by atoms with Gasteiger partial charge in [-0.3, -0.25) is 4.68 Å². The van der Waals surface area contributed by atoms with Crippen LogP contribution in [0.1, 0.15) is 29.7 Å². The van der Waals surface area contributed by atoms with E-state index in [1.165, 1.54) is 16.8 Å². The molecule has 0 fully saturated rings. The second-order valence-corrected chi connectivity index (χ2v) is 6.30. The molecule has 1 aromatic carbocycles. The molecule has 0 radical (unpaired) electrons. The predicted molar refractivity (Wildman–Crippen MR) is 89.4 cm³/mol. The molecule has 1 heterocycles. The van der Waals surface area contributed by atoms with Gasteiger partial charge in [-0.25, -0.2) is 0 Å². The normalized spacial score (nSPS) is 16.2. The van der Waals surface area contributed by atoms with Crippen LogP contribution in [0.3, 0.4) is 0 Å². The summed E-state index contributed by atoms with van der Waals surface area (Å²) in [5.74, 6) is 0.529. The van der Waals surface area contributed by atoms with E-state index in [9.17, 15) is 0 Å². The van der Waals surface area contributed by atoms with Crippen molar-refractivity contribution in [3.05, 3.63) is 57.3 Å². The van der Waals surface area contributed by atoms with Crippen LogP contribution in [-0.2, 0) is 13.0 Å². The highest BCUT2D eigenvalue weighted by Crippen LogP contribution is 2.32. The van der Waals surface area contributed by atoms with Crippen molar-refractivity contribution in [2.45, 2.75) is 25.8 Å². The molecule has 0 amide bonds. The van der Waals surface area contributed by atoms with E-state index in [-0.39, 0.29) is 0 Å². The number of hydrogen-bond acceptors (Lipinski definition) is 1. The van der Waals surface area contributed by atoms with Crippen molar-refractivity contribution in [1.29, 1.82) is 0 Å². The van der Waals surface area contributed by atoms with E-state index in [2.05, 4.69) is 11.2 Å². The SMILES string of the molecule is ClC/C=C1\CCCc2cnn(Cc3ccc(Cl)cc3Cl)c21. The van der Waals surface area contributed by atoms with Gasteiger partial charge in [0.2, 0.25) is 0 Å². The highest BCUT2D eigenvalue weighted by Gasteiger charge is 2.19. The Kier molecular flexibility index (Phi) is 4.58. The zero-order valence-corrected chi connectivity index (χ0v) is 13.7. The molecule has 0 spiro atoms. The molecule has 1 aliphatic carbocycles. The molecule has 5 heteroatoms. The molecular weight excluding hydrogens is 327 g/mol. The highest BCUT2D eigenvalue weighted by molar-refractivity contribution is 6.35. The minimum atomic E-state index is 0.529. The standard InChI is InChI=1S/C16H15Cl3N2/c17-7-6-11-2-1-3-12-9-20-21(16(11)12)10-13-4-5-14(18)8-15(13)19/h4-6,8-9H,1-3,7,10H2/b11-6+. The second kappa shape index (κ2) is 6.43. The number of aryl methyl sites for hydroxylation is 1. The Morgan fingerprint density at radius 3 is 2.86 bits per heavy atom. The summed E-state index contributed by atoms with van der Waals surface area (Å²) < 4.78 is 2.02. The van der Waals surface area contributed by atoms with Crippen LogP contribution >= 0.6 is 34.8 Å². The molecule has 2 aromatic rings. The molecule has 3 rings (SSSR count). The summed E-state index contributed by atoms with van der Waals surface area (Å²) in [5, 5.41) is 5.85. The van der Waals surface area contributed by atoms with Crippen LogP contribution in [0.25, 0.3) is 5.57 Å². The van der Waals surface area contributed by atoms with Gasteiger partial charge < -0.3 is 0 Å². The van der Waals surface area contributed by atoms with Gasteiger partial charge in [-0.1, -0.05) is 35.3 Å². The molecule has 0 saturated heterocycles. The average Bonchev–Trinajstić information content (AvgIpc) is 2.87. The number of alkyl halides is 1. The minimum absolute atomic E-state index is 0.529. The third-order valence-corrected chi connectivity index (χ3v) is 4.51. The number of benzene rings is 1. The molecule has 0 saturated carbocycles. The zero-order valence-electron chi connectivity index (χ0n) is 11.5. The first-order chi connectivity index (χ1) is 10.2. The number of fused-ring (bicyclic) bond motifs is 1. The van der Waals surface area contributed by atoms with Gasteiger partial charge in [0.05, 0.1) is 18.4 Å². The first-order valence-electron chi connectivity index (χ1n) is 6.93. The Labute approximate surface area is 139 Å². The molecule has 0 aliphatic heterocycles. The van der Waals surface area contributed by atoms with Crippen molar-refractivity contribution in [2.75, 3.05) is 5.88 Å². The summed E-state index contributed by atoms with van der Waals surface area (Å²) in [6, 6.07) is 5.57. The van der Waals surface area contributed by atoms with Crippen molar-refractivity contribution in [2.24, 2.45) is 0 Å². The number of allylic oxidation sites excluding steroid dienone is 2. The Morgan fingerprint density at radius 1 is 1.24 bits per heavy atom. The maximum Gasteiger partial charge on any atom is 0.0681 e. The molecule has 21 heavy (non-hydrogen) atoms. The Morgan fingerprint density at radius 2 is 2.10 bits per heavy atom. The lowest BCUT2D eigenvalue weighted by molar-refractivity contribution is 0.666. The van der Waals surface area contributed by atoms with Crippen LogP contribution in [0.2, 0.25) is 10.0 Å². The zero-order chi connectivity index (χ0) is 14.8. The quantitative estimate of drug-likeness (QED) is 0.702. The summed E-state index contributed by atoms with van der Waals surface area (Å²) in [6.45, 7) is 0.644. The highest BCUT2D eigenvalue weighted by atomic mass is 35.5. The summed E-state index contributed by atoms with van der Waals surface area (Å²) >= 11 is 18.1. The van der Waals surface area contributed by atoms with Gasteiger partial charge in [0.15, 0.2) is 0 Å². The predicted octanol–water partition coefficient (Wildman–Crippen LogP) is 5.20. The van der Waals surface area contributed by atoms with E-state index in [1.807, 2.05) is 23.0 Å². The van der Waals surface area contributed by atoms with E-state index < -0.39 is 0 Å². The summed E-state index contributed by atoms with van der Waals surface area (Å²) in [5.41, 5.74) is 4.80. The molecule has 2 nitrogen and oxygen atoms in total. The van der Waals surface area contributed by atoms with Crippen molar-refractivity contribution in [3.63, 3.8) is 0 Å². The molecule has 0 unspecified atom stereocenters. The second-order valence-electron chi connectivity index (χ2n) is 5.15. The maximum atomic E-state index is 6.27. The Hall–Kier alpha value is -0.960. The lowest BCUT2D eigenvalue weighted by Gasteiger charge is -2.18. The third kappa shape index (κ3) is 3.13. The van der Waals surface area contributed by atoms with Gasteiger partial charge in [0, 0.05) is 15.9 Å². The number of nitrogens with zero attached hydrogens (tertiary/aromatic N) is 2. The van der Waals surface area contributed by atoms with Gasteiger partial charge >= 0.3 is 0 Å². The fourth-order valence-corrected chi connectivity index (χ4v) is 3.44. The molecule has 110 valence electrons. The Bertz CT molecular complexity index is 689. The largest absolute Gasteiger partial charge is 0.260 e. The number of halogens is 3. The van der Waals surface area contributed by atoms with Gasteiger partial charge in [0.1, 0.15) is 0 Å². The lowest BCUT2D eigenvalue weighted by Crippen LogP contribution is -2.10. The van der Waals surface area contributed by atoms with Crippen LogP contribution in [0.5, 0.6) is 0 Å². The lowest BCUT2D eigenvalue weighted by atomic mass is 9.93. The van der Waals surface area contributed by atoms with Crippen LogP contribution in [-0.4, -0.2) is 15.7 Å². The van der Waals surface area contributed by atoms with Crippen molar-refractivity contribution in [1.82, 2.24) is 9.78 Å². The number of aromatic nitrogens is 2. The summed E-state index contributed by atoms with van der Waals surface area (Å²) in [6.07, 6.45) is 7.33. The maximum absolute atomic E-state index is 6.27. The van der Waals surface area contributed by atoms with Crippen LogP contribution < -0.4 is 0 Å². The fraction of sp³-hybridized carbons (Fsp3) is 0.312. The van der Waals surface area contributed by atoms with Crippen molar-refractivity contribution in [3.8, 4) is 0 Å². The number of rotatable bonds is 3. The topological polar surface area (TPSA) is 17.8 Å². The smallest absolute Gasteiger partial charge is 0.0681 e. The molecule has 0 bridgehead atoms. The minimum Gasteiger partial charge on any atom is -0.260 e. The van der Waals surface area contributed by atoms with E-state index in [0.29, 0.717) is 22.5 Å². The summed E-state index contributed by atoms with van der Waals surface area (Å²) in [4.78, 5) is 0. The summed E-state index contributed by atoms with van der Waals surface area (Å²) in [7, 11) is 0. The van der Waals surface area contributed by atoms with E-state index in [0.717, 1.165) is 24.8 Å². The number of hydrogen-bond donors (Lipinski definition) is 0. The first kappa shape index (κ1) is 15.0. The van der Waals surface area contributed by atoms with Crippen LogP contribution in [0.15, 0.2) is 30.5 Å². The van der Waals surface area contributed by atoms with Gasteiger partial charge in [-0.05, 0) is 48.1 Å². The van der Waals surface area contributed by atoms with Gasteiger partial charge in [-0.2, -0.15) is 5.10 Å². The van der Waals surface area contributed by atoms with Crippen molar-refractivity contribution < 1.29 is 0 Å². The molecule has 0 N–H and O–H groups in total. The molecular formula is C16H15Cl3N2. The third-order valence-electron chi connectivity index (χ3n) is 3.77. The van der Waals surface area contributed by atoms with Gasteiger partial charge in [-0.15, -0.1) is 11.6 Å². The molecule has 0 atom stereocenters. The Balaban J connectivity index is 1.97.